The molecule has 2 aromatic rings. The molecular formula is C18H15ClN2O3. The Kier molecular flexibility index (Phi) is 3.65. The van der Waals surface area contributed by atoms with Crippen molar-refractivity contribution in [2.45, 2.75) is 12.3 Å². The van der Waals surface area contributed by atoms with Gasteiger partial charge in [0.2, 0.25) is 5.91 Å². The van der Waals surface area contributed by atoms with E-state index in [-0.39, 0.29) is 30.3 Å². The number of benzene rings is 2. The highest BCUT2D eigenvalue weighted by atomic mass is 35.5. The van der Waals surface area contributed by atoms with Crippen LogP contribution in [0, 0.1) is 5.92 Å². The fourth-order valence-corrected chi connectivity index (χ4v) is 3.18. The number of carbonyl (C=O) groups excluding carboxylic acids is 2. The molecule has 2 atom stereocenters. The summed E-state index contributed by atoms with van der Waals surface area (Å²) in [6, 6.07) is 12.8. The maximum absolute atomic E-state index is 12.4. The molecule has 4 rings (SSSR count). The third-order valence-electron chi connectivity index (χ3n) is 4.28. The quantitative estimate of drug-likeness (QED) is 0.898. The molecule has 2 aromatic carbocycles. The Morgan fingerprint density at radius 3 is 2.96 bits per heavy atom. The summed E-state index contributed by atoms with van der Waals surface area (Å²) in [7, 11) is 0. The molecule has 2 aliphatic rings. The maximum atomic E-state index is 12.4. The smallest absolute Gasteiger partial charge is 0.262 e. The van der Waals surface area contributed by atoms with Crippen molar-refractivity contribution >= 4 is 34.8 Å². The number of rotatable bonds is 3. The summed E-state index contributed by atoms with van der Waals surface area (Å²) < 4.78 is 5.30. The highest BCUT2D eigenvalue weighted by molar-refractivity contribution is 6.30. The first-order chi connectivity index (χ1) is 11.6. The van der Waals surface area contributed by atoms with Gasteiger partial charge in [-0.3, -0.25) is 9.59 Å². The lowest BCUT2D eigenvalue weighted by molar-refractivity contribution is -0.119. The number of halogens is 1. The van der Waals surface area contributed by atoms with Crippen LogP contribution in [0.15, 0.2) is 42.5 Å². The zero-order valence-corrected chi connectivity index (χ0v) is 13.5. The Hall–Kier alpha value is -2.53. The van der Waals surface area contributed by atoms with E-state index < -0.39 is 0 Å². The zero-order valence-electron chi connectivity index (χ0n) is 12.7. The number of fused-ring (bicyclic) bond motifs is 1. The van der Waals surface area contributed by atoms with E-state index >= 15 is 0 Å². The van der Waals surface area contributed by atoms with Crippen LogP contribution in [0.25, 0.3) is 0 Å². The lowest BCUT2D eigenvalue weighted by Crippen LogP contribution is -2.25. The van der Waals surface area contributed by atoms with Gasteiger partial charge >= 0.3 is 0 Å². The number of hydrogen-bond acceptors (Lipinski definition) is 3. The minimum Gasteiger partial charge on any atom is -0.482 e. The van der Waals surface area contributed by atoms with E-state index in [1.54, 1.807) is 18.2 Å². The van der Waals surface area contributed by atoms with Crippen LogP contribution in [0.5, 0.6) is 5.75 Å². The number of ether oxygens (including phenoxy) is 1. The van der Waals surface area contributed by atoms with Gasteiger partial charge in [0.25, 0.3) is 5.91 Å². The second-order valence-electron chi connectivity index (χ2n) is 6.04. The van der Waals surface area contributed by atoms with Crippen LogP contribution in [0.1, 0.15) is 17.9 Å². The lowest BCUT2D eigenvalue weighted by atomic mass is 10.1. The van der Waals surface area contributed by atoms with Gasteiger partial charge in [-0.2, -0.15) is 0 Å². The van der Waals surface area contributed by atoms with Gasteiger partial charge in [-0.25, -0.2) is 0 Å². The predicted octanol–water partition coefficient (Wildman–Crippen LogP) is 3.41. The molecule has 0 unspecified atom stereocenters. The van der Waals surface area contributed by atoms with Gasteiger partial charge in [0.05, 0.1) is 5.69 Å². The molecule has 1 aliphatic carbocycles. The molecule has 0 radical (unpaired) electrons. The van der Waals surface area contributed by atoms with Crippen LogP contribution in [0.3, 0.4) is 0 Å². The van der Waals surface area contributed by atoms with Gasteiger partial charge in [0.1, 0.15) is 5.75 Å². The van der Waals surface area contributed by atoms with E-state index in [9.17, 15) is 9.59 Å². The van der Waals surface area contributed by atoms with Crippen LogP contribution in [-0.2, 0) is 9.59 Å². The number of hydrogen-bond donors (Lipinski definition) is 2. The van der Waals surface area contributed by atoms with Gasteiger partial charge in [-0.05, 0) is 48.2 Å². The molecule has 6 heteroatoms. The first kappa shape index (κ1) is 15.0. The molecule has 1 aliphatic heterocycles. The van der Waals surface area contributed by atoms with Gasteiger partial charge in [-0.15, -0.1) is 0 Å². The summed E-state index contributed by atoms with van der Waals surface area (Å²) in [5, 5.41) is 6.32. The second kappa shape index (κ2) is 5.83. The molecule has 24 heavy (non-hydrogen) atoms. The molecule has 2 N–H and O–H groups in total. The van der Waals surface area contributed by atoms with Gasteiger partial charge in [0, 0.05) is 16.6 Å². The standard InChI is InChI=1S/C18H15ClN2O3/c19-11-3-1-2-10(6-11)13-8-14(13)18(23)20-12-4-5-16-15(7-12)21-17(22)9-24-16/h1-7,13-14H,8-9H2,(H,20,23)(H,21,22)/t13-,14-/m1/s1. The summed E-state index contributed by atoms with van der Waals surface area (Å²) >= 11 is 6.01. The third kappa shape index (κ3) is 2.95. The predicted molar refractivity (Wildman–Crippen MR) is 91.5 cm³/mol. The molecule has 0 aromatic heterocycles. The summed E-state index contributed by atoms with van der Waals surface area (Å²) in [6.45, 7) is 0.0160. The third-order valence-corrected chi connectivity index (χ3v) is 4.52. The molecule has 0 saturated heterocycles. The number of amides is 2. The van der Waals surface area contributed by atoms with E-state index in [4.69, 9.17) is 16.3 Å². The average Bonchev–Trinajstić information content (AvgIpc) is 3.35. The van der Waals surface area contributed by atoms with E-state index in [0.717, 1.165) is 12.0 Å². The number of nitrogens with one attached hydrogen (secondary N) is 2. The molecule has 2 amide bonds. The highest BCUT2D eigenvalue weighted by Crippen LogP contribution is 2.48. The van der Waals surface area contributed by atoms with Crippen LogP contribution in [0.2, 0.25) is 5.02 Å². The van der Waals surface area contributed by atoms with Crippen molar-refractivity contribution in [3.63, 3.8) is 0 Å². The Bertz CT molecular complexity index is 837. The van der Waals surface area contributed by atoms with Crippen LogP contribution >= 0.6 is 11.6 Å². The van der Waals surface area contributed by atoms with Crippen molar-refractivity contribution in [2.75, 3.05) is 17.2 Å². The lowest BCUT2D eigenvalue weighted by Gasteiger charge is -2.18. The highest BCUT2D eigenvalue weighted by Gasteiger charge is 2.44. The zero-order chi connectivity index (χ0) is 16.7. The summed E-state index contributed by atoms with van der Waals surface area (Å²) in [5.41, 5.74) is 2.31. The van der Waals surface area contributed by atoms with Gasteiger partial charge in [-0.1, -0.05) is 23.7 Å². The average molecular weight is 343 g/mol. The van der Waals surface area contributed by atoms with E-state index in [2.05, 4.69) is 10.6 Å². The molecule has 1 saturated carbocycles. The molecule has 0 bridgehead atoms. The first-order valence-electron chi connectivity index (χ1n) is 7.73. The normalized spacial score (nSPS) is 21.3. The fraction of sp³-hybridized carbons (Fsp3) is 0.222. The summed E-state index contributed by atoms with van der Waals surface area (Å²) in [6.07, 6.45) is 0.816. The van der Waals surface area contributed by atoms with Crippen molar-refractivity contribution in [3.8, 4) is 5.75 Å². The van der Waals surface area contributed by atoms with Crippen molar-refractivity contribution < 1.29 is 14.3 Å². The van der Waals surface area contributed by atoms with Crippen molar-refractivity contribution in [1.29, 1.82) is 0 Å². The van der Waals surface area contributed by atoms with E-state index in [0.29, 0.717) is 22.1 Å². The van der Waals surface area contributed by atoms with Crippen LogP contribution in [-0.4, -0.2) is 18.4 Å². The minimum atomic E-state index is -0.200. The maximum Gasteiger partial charge on any atom is 0.262 e. The minimum absolute atomic E-state index is 0.0160. The van der Waals surface area contributed by atoms with Gasteiger partial charge in [0.15, 0.2) is 6.61 Å². The molecular weight excluding hydrogens is 328 g/mol. The molecule has 1 fully saturated rings. The largest absolute Gasteiger partial charge is 0.482 e. The Morgan fingerprint density at radius 2 is 2.12 bits per heavy atom. The van der Waals surface area contributed by atoms with Crippen molar-refractivity contribution in [1.82, 2.24) is 0 Å². The van der Waals surface area contributed by atoms with Crippen molar-refractivity contribution in [2.24, 2.45) is 5.92 Å². The van der Waals surface area contributed by atoms with Crippen LogP contribution in [0.4, 0.5) is 11.4 Å². The molecule has 122 valence electrons. The Balaban J connectivity index is 1.44. The van der Waals surface area contributed by atoms with Crippen LogP contribution < -0.4 is 15.4 Å². The Labute approximate surface area is 144 Å². The van der Waals surface area contributed by atoms with E-state index in [1.807, 2.05) is 24.3 Å². The Morgan fingerprint density at radius 1 is 1.25 bits per heavy atom. The monoisotopic (exact) mass is 342 g/mol. The summed E-state index contributed by atoms with van der Waals surface area (Å²) in [5.74, 6) is 0.544. The first-order valence-corrected chi connectivity index (χ1v) is 8.11. The SMILES string of the molecule is O=C1COc2ccc(NC(=O)[C@@H]3C[C@@H]3c3cccc(Cl)c3)cc2N1. The van der Waals surface area contributed by atoms with Crippen molar-refractivity contribution in [3.05, 3.63) is 53.1 Å². The van der Waals surface area contributed by atoms with E-state index in [1.165, 1.54) is 0 Å². The number of anilines is 2. The van der Waals surface area contributed by atoms with Gasteiger partial charge < -0.3 is 15.4 Å². The molecule has 5 nitrogen and oxygen atoms in total. The molecule has 1 heterocycles. The summed E-state index contributed by atoms with van der Waals surface area (Å²) in [4.78, 5) is 23.8. The second-order valence-corrected chi connectivity index (χ2v) is 6.48. The fourth-order valence-electron chi connectivity index (χ4n) is 2.99. The number of carbonyl (C=O) groups is 2. The molecule has 0 spiro atoms. The topological polar surface area (TPSA) is 67.4 Å².